The standard InChI is InChI=1S/C79H154O17P2/c1-9-72(8)58-50-42-37-38-44-52-60-77(82)90-66-75(96-78(83)61-53-45-35-29-23-17-15-13-11-10-12-14-16-20-25-31-39-47-55-69(2)3)68-94-98(87,88)92-64-73(80)63-91-97(85,86)93-67-74(95-79(84)62-54-46-36-30-24-27-33-41-49-57-71(6)7)65-89-76(81)59-51-43-34-28-22-19-18-21-26-32-40-48-56-70(4)5/h69-75,80H,9-68H2,1-8H3,(H,85,86)(H,87,88)/t72?,73-,74-,75-/m1/s1. The Hall–Kier alpha value is -1.94. The van der Waals surface area contributed by atoms with Crippen molar-refractivity contribution in [3.8, 4) is 0 Å². The first-order valence-corrected chi connectivity index (χ1v) is 43.7. The summed E-state index contributed by atoms with van der Waals surface area (Å²) >= 11 is 0. The lowest BCUT2D eigenvalue weighted by atomic mass is 10.00. The SMILES string of the molecule is CCC(C)CCCCCCCCC(=O)OC[C@H](COP(=O)(O)OC[C@H](O)COP(=O)(O)OC[C@@H](COC(=O)CCCCCCCCCCCCCCC(C)C)OC(=O)CCCCCCCCCCCC(C)C)OC(=O)CCCCCCCCCCCCCCCCCCCCC(C)C. The molecule has 6 atom stereocenters. The number of carbonyl (C=O) groups is 4. The van der Waals surface area contributed by atoms with Gasteiger partial charge in [-0.2, -0.15) is 0 Å². The monoisotopic (exact) mass is 1440 g/mol. The van der Waals surface area contributed by atoms with Gasteiger partial charge in [-0.3, -0.25) is 37.3 Å². The van der Waals surface area contributed by atoms with Crippen molar-refractivity contribution >= 4 is 39.5 Å². The van der Waals surface area contributed by atoms with Gasteiger partial charge in [0.15, 0.2) is 12.2 Å². The van der Waals surface area contributed by atoms with Crippen LogP contribution in [0.4, 0.5) is 0 Å². The van der Waals surface area contributed by atoms with Gasteiger partial charge in [-0.25, -0.2) is 9.13 Å². The zero-order valence-corrected chi connectivity index (χ0v) is 66.2. The lowest BCUT2D eigenvalue weighted by Gasteiger charge is -2.21. The average molecular weight is 1440 g/mol. The predicted octanol–water partition coefficient (Wildman–Crippen LogP) is 23.2. The Morgan fingerprint density at radius 2 is 0.490 bits per heavy atom. The first kappa shape index (κ1) is 96.1. The number of ether oxygens (including phenoxy) is 4. The van der Waals surface area contributed by atoms with Gasteiger partial charge in [0, 0.05) is 25.7 Å². The van der Waals surface area contributed by atoms with Crippen LogP contribution >= 0.6 is 15.6 Å². The molecule has 0 aliphatic heterocycles. The molecule has 0 aromatic rings. The van der Waals surface area contributed by atoms with Gasteiger partial charge in [0.1, 0.15) is 19.3 Å². The van der Waals surface area contributed by atoms with Crippen LogP contribution in [-0.2, 0) is 65.4 Å². The topological polar surface area (TPSA) is 237 Å². The summed E-state index contributed by atoms with van der Waals surface area (Å²) in [5, 5.41) is 10.6. The molecule has 0 bridgehead atoms. The highest BCUT2D eigenvalue weighted by Gasteiger charge is 2.30. The molecular formula is C79H154O17P2. The fourth-order valence-electron chi connectivity index (χ4n) is 12.0. The number of carbonyl (C=O) groups excluding carboxylic acids is 4. The highest BCUT2D eigenvalue weighted by Crippen LogP contribution is 2.45. The summed E-state index contributed by atoms with van der Waals surface area (Å²) < 4.78 is 68.6. The number of hydrogen-bond acceptors (Lipinski definition) is 15. The van der Waals surface area contributed by atoms with Crippen LogP contribution in [0.15, 0.2) is 0 Å². The van der Waals surface area contributed by atoms with Crippen LogP contribution in [0.3, 0.4) is 0 Å². The molecule has 0 aromatic heterocycles. The molecule has 0 rings (SSSR count). The third-order valence-corrected chi connectivity index (χ3v) is 20.6. The molecule has 0 saturated heterocycles. The predicted molar refractivity (Wildman–Crippen MR) is 400 cm³/mol. The number of phosphoric ester groups is 2. The Labute approximate surface area is 600 Å². The van der Waals surface area contributed by atoms with E-state index in [2.05, 4.69) is 55.4 Å². The number of hydrogen-bond donors (Lipinski definition) is 3. The highest BCUT2D eigenvalue weighted by molar-refractivity contribution is 7.47. The molecule has 3 unspecified atom stereocenters. The second-order valence-electron chi connectivity index (χ2n) is 30.1. The van der Waals surface area contributed by atoms with E-state index in [1.807, 2.05) is 0 Å². The summed E-state index contributed by atoms with van der Waals surface area (Å²) in [6, 6.07) is 0. The summed E-state index contributed by atoms with van der Waals surface area (Å²) in [4.78, 5) is 72.9. The lowest BCUT2D eigenvalue weighted by Crippen LogP contribution is -2.30. The third kappa shape index (κ3) is 71.1. The second kappa shape index (κ2) is 68.2. The van der Waals surface area contributed by atoms with E-state index in [0.29, 0.717) is 25.7 Å². The van der Waals surface area contributed by atoms with Crippen molar-refractivity contribution in [2.45, 2.75) is 420 Å². The first-order chi connectivity index (χ1) is 47.1. The van der Waals surface area contributed by atoms with Crippen molar-refractivity contribution in [2.24, 2.45) is 23.7 Å². The maximum atomic E-state index is 13.1. The van der Waals surface area contributed by atoms with E-state index in [-0.39, 0.29) is 25.7 Å². The summed E-state index contributed by atoms with van der Waals surface area (Å²) in [5.74, 6) is 0.950. The van der Waals surface area contributed by atoms with Crippen LogP contribution in [0.1, 0.15) is 402 Å². The minimum atomic E-state index is -4.96. The molecule has 3 N–H and O–H groups in total. The molecule has 19 heteroatoms. The second-order valence-corrected chi connectivity index (χ2v) is 33.0. The minimum Gasteiger partial charge on any atom is -0.462 e. The molecule has 0 fully saturated rings. The largest absolute Gasteiger partial charge is 0.472 e. The number of unbranched alkanes of at least 4 members (excludes halogenated alkanes) is 41. The number of aliphatic hydroxyl groups excluding tert-OH is 1. The van der Waals surface area contributed by atoms with Crippen molar-refractivity contribution in [2.75, 3.05) is 39.6 Å². The molecule has 0 saturated carbocycles. The minimum absolute atomic E-state index is 0.105. The molecule has 0 heterocycles. The van der Waals surface area contributed by atoms with Gasteiger partial charge in [-0.15, -0.1) is 0 Å². The van der Waals surface area contributed by atoms with Gasteiger partial charge in [-0.05, 0) is 49.4 Å². The molecule has 0 spiro atoms. The Morgan fingerprint density at radius 3 is 0.724 bits per heavy atom. The zero-order valence-electron chi connectivity index (χ0n) is 64.4. The normalized spacial score (nSPS) is 14.3. The molecular weight excluding hydrogens is 1280 g/mol. The number of esters is 4. The van der Waals surface area contributed by atoms with E-state index < -0.39 is 97.5 Å². The zero-order chi connectivity index (χ0) is 72.4. The van der Waals surface area contributed by atoms with Gasteiger partial charge >= 0.3 is 39.5 Å². The molecule has 0 radical (unpaired) electrons. The smallest absolute Gasteiger partial charge is 0.462 e. The molecule has 17 nitrogen and oxygen atoms in total. The van der Waals surface area contributed by atoms with Crippen molar-refractivity contribution in [3.63, 3.8) is 0 Å². The fraction of sp³-hybridized carbons (Fsp3) is 0.949. The van der Waals surface area contributed by atoms with E-state index in [4.69, 9.17) is 37.0 Å². The summed E-state index contributed by atoms with van der Waals surface area (Å²) in [5.41, 5.74) is 0. The van der Waals surface area contributed by atoms with E-state index in [1.54, 1.807) is 0 Å². The highest BCUT2D eigenvalue weighted by atomic mass is 31.2. The van der Waals surface area contributed by atoms with E-state index in [0.717, 1.165) is 120 Å². The van der Waals surface area contributed by atoms with Crippen molar-refractivity contribution in [1.82, 2.24) is 0 Å². The number of aliphatic hydroxyl groups is 1. The molecule has 98 heavy (non-hydrogen) atoms. The summed E-state index contributed by atoms with van der Waals surface area (Å²) in [7, 11) is -9.92. The van der Waals surface area contributed by atoms with Gasteiger partial charge in [-0.1, -0.05) is 351 Å². The Balaban J connectivity index is 5.19. The van der Waals surface area contributed by atoms with Crippen LogP contribution in [-0.4, -0.2) is 96.7 Å². The molecule has 0 aromatic carbocycles. The third-order valence-electron chi connectivity index (χ3n) is 18.7. The quantitative estimate of drug-likeness (QED) is 0.0222. The Kier molecular flexibility index (Phi) is 66.8. The van der Waals surface area contributed by atoms with Crippen LogP contribution in [0.2, 0.25) is 0 Å². The maximum absolute atomic E-state index is 13.1. The van der Waals surface area contributed by atoms with Crippen LogP contribution in [0.25, 0.3) is 0 Å². The summed E-state index contributed by atoms with van der Waals surface area (Å²) in [6.07, 6.45) is 54.2. The average Bonchev–Trinajstić information content (AvgIpc) is 1.05. The maximum Gasteiger partial charge on any atom is 0.472 e. The first-order valence-electron chi connectivity index (χ1n) is 40.7. The molecule has 582 valence electrons. The van der Waals surface area contributed by atoms with E-state index >= 15 is 0 Å². The van der Waals surface area contributed by atoms with Gasteiger partial charge in [0.05, 0.1) is 26.4 Å². The lowest BCUT2D eigenvalue weighted by molar-refractivity contribution is -0.161. The van der Waals surface area contributed by atoms with Crippen LogP contribution in [0, 0.1) is 23.7 Å². The van der Waals surface area contributed by atoms with Crippen molar-refractivity contribution in [3.05, 3.63) is 0 Å². The van der Waals surface area contributed by atoms with E-state index in [1.165, 1.54) is 199 Å². The number of rotatable bonds is 76. The van der Waals surface area contributed by atoms with Gasteiger partial charge in [0.25, 0.3) is 0 Å². The fourth-order valence-corrected chi connectivity index (χ4v) is 13.6. The van der Waals surface area contributed by atoms with E-state index in [9.17, 15) is 43.2 Å². The molecule has 0 amide bonds. The van der Waals surface area contributed by atoms with Crippen molar-refractivity contribution in [1.29, 1.82) is 0 Å². The van der Waals surface area contributed by atoms with Gasteiger partial charge in [0.2, 0.25) is 0 Å². The number of phosphoric acid groups is 2. The van der Waals surface area contributed by atoms with Crippen LogP contribution < -0.4 is 0 Å². The summed E-state index contributed by atoms with van der Waals surface area (Å²) in [6.45, 7) is 14.2. The van der Waals surface area contributed by atoms with Gasteiger partial charge < -0.3 is 33.8 Å². The molecule has 0 aliphatic carbocycles. The van der Waals surface area contributed by atoms with Crippen molar-refractivity contribution < 1.29 is 80.2 Å². The Bertz CT molecular complexity index is 1920. The van der Waals surface area contributed by atoms with Crippen LogP contribution in [0.5, 0.6) is 0 Å². The Morgan fingerprint density at radius 1 is 0.286 bits per heavy atom. The molecule has 0 aliphatic rings.